The Kier molecular flexibility index (Phi) is 3.25. The standard InChI is InChI=1S/C15H13NO4/c17-16(18)13-8-12-6-7-19-15(12)14(9-13)20-10-11-4-2-1-3-5-11/h1-5,8-9H,6-7,10H2. The van der Waals surface area contributed by atoms with Gasteiger partial charge in [0, 0.05) is 18.1 Å². The number of benzene rings is 2. The largest absolute Gasteiger partial charge is 0.489 e. The molecule has 0 bridgehead atoms. The fourth-order valence-electron chi connectivity index (χ4n) is 2.20. The third kappa shape index (κ3) is 2.42. The third-order valence-corrected chi connectivity index (χ3v) is 3.18. The summed E-state index contributed by atoms with van der Waals surface area (Å²) in [6, 6.07) is 12.6. The normalized spacial score (nSPS) is 12.6. The Morgan fingerprint density at radius 2 is 2.05 bits per heavy atom. The van der Waals surface area contributed by atoms with E-state index in [9.17, 15) is 10.1 Å². The summed E-state index contributed by atoms with van der Waals surface area (Å²) in [5.41, 5.74) is 1.88. The van der Waals surface area contributed by atoms with Gasteiger partial charge >= 0.3 is 0 Å². The number of non-ortho nitro benzene ring substituents is 1. The average Bonchev–Trinajstić information content (AvgIpc) is 2.94. The van der Waals surface area contributed by atoms with Crippen molar-refractivity contribution in [2.24, 2.45) is 0 Å². The molecule has 2 aromatic carbocycles. The van der Waals surface area contributed by atoms with Crippen LogP contribution in [0.3, 0.4) is 0 Å². The summed E-state index contributed by atoms with van der Waals surface area (Å²) in [6.07, 6.45) is 0.679. The zero-order valence-corrected chi connectivity index (χ0v) is 10.7. The van der Waals surface area contributed by atoms with Crippen molar-refractivity contribution >= 4 is 5.69 Å². The highest BCUT2D eigenvalue weighted by Crippen LogP contribution is 2.39. The number of fused-ring (bicyclic) bond motifs is 1. The van der Waals surface area contributed by atoms with Crippen molar-refractivity contribution < 1.29 is 14.4 Å². The lowest BCUT2D eigenvalue weighted by molar-refractivity contribution is -0.385. The van der Waals surface area contributed by atoms with Crippen molar-refractivity contribution in [3.8, 4) is 11.5 Å². The van der Waals surface area contributed by atoms with Gasteiger partial charge in [-0.15, -0.1) is 0 Å². The van der Waals surface area contributed by atoms with Crippen molar-refractivity contribution in [3.05, 3.63) is 63.7 Å². The summed E-state index contributed by atoms with van der Waals surface area (Å²) >= 11 is 0. The molecule has 0 N–H and O–H groups in total. The lowest BCUT2D eigenvalue weighted by atomic mass is 10.1. The Labute approximate surface area is 115 Å². The van der Waals surface area contributed by atoms with Crippen molar-refractivity contribution in [1.29, 1.82) is 0 Å². The first-order valence-corrected chi connectivity index (χ1v) is 6.35. The van der Waals surface area contributed by atoms with Crippen LogP contribution in [0, 0.1) is 10.1 Å². The molecule has 5 nitrogen and oxygen atoms in total. The fourth-order valence-corrected chi connectivity index (χ4v) is 2.20. The van der Waals surface area contributed by atoms with Crippen molar-refractivity contribution in [3.63, 3.8) is 0 Å². The Morgan fingerprint density at radius 1 is 1.25 bits per heavy atom. The smallest absolute Gasteiger partial charge is 0.273 e. The monoisotopic (exact) mass is 271 g/mol. The lowest BCUT2D eigenvalue weighted by Crippen LogP contribution is -1.98. The number of nitrogens with zero attached hydrogens (tertiary/aromatic N) is 1. The number of nitro groups is 1. The van der Waals surface area contributed by atoms with Crippen LogP contribution >= 0.6 is 0 Å². The van der Waals surface area contributed by atoms with Crippen LogP contribution in [0.25, 0.3) is 0 Å². The highest BCUT2D eigenvalue weighted by Gasteiger charge is 2.22. The number of nitro benzene ring substituents is 1. The van der Waals surface area contributed by atoms with Gasteiger partial charge in [0.05, 0.1) is 17.6 Å². The molecule has 0 amide bonds. The molecule has 102 valence electrons. The Balaban J connectivity index is 1.87. The van der Waals surface area contributed by atoms with Crippen LogP contribution in [0.5, 0.6) is 11.5 Å². The Hall–Kier alpha value is -2.56. The maximum absolute atomic E-state index is 10.9. The minimum absolute atomic E-state index is 0.0392. The molecular formula is C15H13NO4. The van der Waals surface area contributed by atoms with Gasteiger partial charge < -0.3 is 9.47 Å². The summed E-state index contributed by atoms with van der Waals surface area (Å²) in [4.78, 5) is 10.5. The Bertz CT molecular complexity index is 640. The van der Waals surface area contributed by atoms with E-state index in [0.29, 0.717) is 31.1 Å². The molecule has 0 aliphatic carbocycles. The van der Waals surface area contributed by atoms with E-state index < -0.39 is 4.92 Å². The van der Waals surface area contributed by atoms with Gasteiger partial charge in [-0.1, -0.05) is 30.3 Å². The van der Waals surface area contributed by atoms with Crippen LogP contribution < -0.4 is 9.47 Å². The third-order valence-electron chi connectivity index (χ3n) is 3.18. The van der Waals surface area contributed by atoms with Gasteiger partial charge in [0.25, 0.3) is 5.69 Å². The van der Waals surface area contributed by atoms with Gasteiger partial charge in [0.2, 0.25) is 0 Å². The minimum Gasteiger partial charge on any atom is -0.489 e. The lowest BCUT2D eigenvalue weighted by Gasteiger charge is -2.10. The van der Waals surface area contributed by atoms with Crippen LogP contribution in [-0.2, 0) is 13.0 Å². The Morgan fingerprint density at radius 3 is 2.80 bits per heavy atom. The zero-order chi connectivity index (χ0) is 13.9. The zero-order valence-electron chi connectivity index (χ0n) is 10.7. The van der Waals surface area contributed by atoms with E-state index in [1.807, 2.05) is 30.3 Å². The van der Waals surface area contributed by atoms with E-state index in [1.165, 1.54) is 6.07 Å². The second kappa shape index (κ2) is 5.21. The van der Waals surface area contributed by atoms with E-state index in [0.717, 1.165) is 11.1 Å². The van der Waals surface area contributed by atoms with E-state index in [1.54, 1.807) is 6.07 Å². The molecule has 0 radical (unpaired) electrons. The topological polar surface area (TPSA) is 61.6 Å². The van der Waals surface area contributed by atoms with Crippen LogP contribution in [0.2, 0.25) is 0 Å². The van der Waals surface area contributed by atoms with Crippen LogP contribution in [-0.4, -0.2) is 11.5 Å². The summed E-state index contributed by atoms with van der Waals surface area (Å²) < 4.78 is 11.2. The van der Waals surface area contributed by atoms with Gasteiger partial charge in [-0.3, -0.25) is 10.1 Å². The van der Waals surface area contributed by atoms with Gasteiger partial charge in [-0.05, 0) is 5.56 Å². The van der Waals surface area contributed by atoms with E-state index in [2.05, 4.69) is 0 Å². The fraction of sp³-hybridized carbons (Fsp3) is 0.200. The molecule has 0 saturated heterocycles. The van der Waals surface area contributed by atoms with Crippen LogP contribution in [0.4, 0.5) is 5.69 Å². The summed E-state index contributed by atoms with van der Waals surface area (Å²) in [7, 11) is 0. The highest BCUT2D eigenvalue weighted by molar-refractivity contribution is 5.55. The molecule has 1 heterocycles. The second-order valence-corrected chi connectivity index (χ2v) is 4.56. The van der Waals surface area contributed by atoms with Gasteiger partial charge in [-0.25, -0.2) is 0 Å². The molecule has 1 aliphatic rings. The highest BCUT2D eigenvalue weighted by atomic mass is 16.6. The van der Waals surface area contributed by atoms with E-state index in [-0.39, 0.29) is 5.69 Å². The molecule has 0 aromatic heterocycles. The number of hydrogen-bond donors (Lipinski definition) is 0. The van der Waals surface area contributed by atoms with Crippen LogP contribution in [0.15, 0.2) is 42.5 Å². The van der Waals surface area contributed by atoms with Gasteiger partial charge in [0.1, 0.15) is 6.61 Å². The molecule has 3 rings (SSSR count). The minimum atomic E-state index is -0.409. The summed E-state index contributed by atoms with van der Waals surface area (Å²) in [5.74, 6) is 1.07. The molecule has 0 atom stereocenters. The molecule has 0 saturated carbocycles. The predicted molar refractivity (Wildman–Crippen MR) is 73.1 cm³/mol. The molecule has 5 heteroatoms. The number of rotatable bonds is 4. The number of ether oxygens (including phenoxy) is 2. The molecule has 0 spiro atoms. The first-order valence-electron chi connectivity index (χ1n) is 6.35. The number of hydrogen-bond acceptors (Lipinski definition) is 4. The molecule has 2 aromatic rings. The van der Waals surface area contributed by atoms with Crippen molar-refractivity contribution in [2.45, 2.75) is 13.0 Å². The molecule has 0 fully saturated rings. The average molecular weight is 271 g/mol. The first kappa shape index (κ1) is 12.5. The second-order valence-electron chi connectivity index (χ2n) is 4.56. The maximum atomic E-state index is 10.9. The molecular weight excluding hydrogens is 258 g/mol. The maximum Gasteiger partial charge on any atom is 0.273 e. The first-order chi connectivity index (χ1) is 9.74. The molecule has 20 heavy (non-hydrogen) atoms. The SMILES string of the molecule is O=[N+]([O-])c1cc2c(c(OCc3ccccc3)c1)OCC2. The van der Waals surface area contributed by atoms with E-state index >= 15 is 0 Å². The van der Waals surface area contributed by atoms with Gasteiger partial charge in [-0.2, -0.15) is 0 Å². The predicted octanol–water partition coefficient (Wildman–Crippen LogP) is 3.11. The van der Waals surface area contributed by atoms with Crippen molar-refractivity contribution in [1.82, 2.24) is 0 Å². The summed E-state index contributed by atoms with van der Waals surface area (Å²) in [6.45, 7) is 0.899. The van der Waals surface area contributed by atoms with E-state index in [4.69, 9.17) is 9.47 Å². The molecule has 1 aliphatic heterocycles. The molecule has 0 unspecified atom stereocenters. The van der Waals surface area contributed by atoms with Crippen LogP contribution in [0.1, 0.15) is 11.1 Å². The van der Waals surface area contributed by atoms with Gasteiger partial charge in [0.15, 0.2) is 11.5 Å². The summed E-state index contributed by atoms with van der Waals surface area (Å²) in [5, 5.41) is 10.9. The van der Waals surface area contributed by atoms with Crippen molar-refractivity contribution in [2.75, 3.05) is 6.61 Å². The quantitative estimate of drug-likeness (QED) is 0.633.